The molecule has 0 atom stereocenters. The molecule has 30 heavy (non-hydrogen) atoms. The van der Waals surface area contributed by atoms with Crippen molar-refractivity contribution >= 4 is 23.4 Å². The molecule has 1 heterocycles. The third-order valence-electron chi connectivity index (χ3n) is 5.42. The molecule has 0 unspecified atom stereocenters. The second kappa shape index (κ2) is 10.3. The van der Waals surface area contributed by atoms with Gasteiger partial charge in [0.05, 0.1) is 11.3 Å². The number of halogens is 3. The number of carbonyl (C=O) groups is 1. The van der Waals surface area contributed by atoms with E-state index in [9.17, 15) is 18.0 Å². The molecule has 2 aromatic rings. The van der Waals surface area contributed by atoms with E-state index in [1.54, 1.807) is 0 Å². The van der Waals surface area contributed by atoms with Gasteiger partial charge in [-0.1, -0.05) is 49.9 Å². The molecule has 0 saturated heterocycles. The summed E-state index contributed by atoms with van der Waals surface area (Å²) in [5, 5.41) is 11.7. The van der Waals surface area contributed by atoms with E-state index in [4.69, 9.17) is 0 Å². The van der Waals surface area contributed by atoms with Crippen molar-refractivity contribution in [1.29, 1.82) is 0 Å². The second-order valence-electron chi connectivity index (χ2n) is 7.60. The monoisotopic (exact) mass is 440 g/mol. The van der Waals surface area contributed by atoms with Crippen LogP contribution >= 0.6 is 11.8 Å². The number of aryl methyl sites for hydroxylation is 1. The van der Waals surface area contributed by atoms with Crippen molar-refractivity contribution in [3.05, 3.63) is 35.7 Å². The van der Waals surface area contributed by atoms with Gasteiger partial charge in [-0.3, -0.25) is 4.79 Å². The van der Waals surface area contributed by atoms with Crippen LogP contribution in [0.1, 0.15) is 56.8 Å². The Labute approximate surface area is 178 Å². The SMILES string of the molecule is CCn1c(CCC2CCCCC2)nnc1SCC(=O)Nc1cccc(C(F)(F)F)c1. The number of amides is 1. The first-order chi connectivity index (χ1) is 14.4. The zero-order valence-corrected chi connectivity index (χ0v) is 17.9. The van der Waals surface area contributed by atoms with Gasteiger partial charge in [0.15, 0.2) is 5.16 Å². The van der Waals surface area contributed by atoms with Gasteiger partial charge in [0.1, 0.15) is 5.82 Å². The highest BCUT2D eigenvalue weighted by Gasteiger charge is 2.30. The molecule has 0 bridgehead atoms. The first-order valence-corrected chi connectivity index (χ1v) is 11.4. The molecule has 1 aromatic heterocycles. The molecule has 0 aliphatic heterocycles. The summed E-state index contributed by atoms with van der Waals surface area (Å²) in [7, 11) is 0. The zero-order chi connectivity index (χ0) is 21.6. The van der Waals surface area contributed by atoms with Crippen LogP contribution in [0, 0.1) is 5.92 Å². The Morgan fingerprint density at radius 3 is 2.70 bits per heavy atom. The van der Waals surface area contributed by atoms with Crippen molar-refractivity contribution in [3.63, 3.8) is 0 Å². The van der Waals surface area contributed by atoms with Gasteiger partial charge in [-0.05, 0) is 37.5 Å². The Hall–Kier alpha value is -2.03. The summed E-state index contributed by atoms with van der Waals surface area (Å²) < 4.78 is 40.4. The maximum Gasteiger partial charge on any atom is 0.416 e. The third-order valence-corrected chi connectivity index (χ3v) is 6.38. The van der Waals surface area contributed by atoms with Crippen LogP contribution in [0.3, 0.4) is 0 Å². The summed E-state index contributed by atoms with van der Waals surface area (Å²) >= 11 is 1.25. The Bertz CT molecular complexity index is 847. The molecule has 1 N–H and O–H groups in total. The molecule has 1 aromatic carbocycles. The largest absolute Gasteiger partial charge is 0.416 e. The molecule has 0 spiro atoms. The van der Waals surface area contributed by atoms with Gasteiger partial charge in [-0.25, -0.2) is 0 Å². The van der Waals surface area contributed by atoms with Crippen molar-refractivity contribution in [2.75, 3.05) is 11.1 Å². The van der Waals surface area contributed by atoms with Crippen molar-refractivity contribution in [3.8, 4) is 0 Å². The first kappa shape index (κ1) is 22.7. The molecular formula is C21H27F3N4OS. The minimum Gasteiger partial charge on any atom is -0.325 e. The lowest BCUT2D eigenvalue weighted by atomic mass is 9.86. The van der Waals surface area contributed by atoms with Crippen molar-refractivity contribution in [2.45, 2.75) is 69.7 Å². The quantitative estimate of drug-likeness (QED) is 0.546. The number of anilines is 1. The van der Waals surface area contributed by atoms with Gasteiger partial charge < -0.3 is 9.88 Å². The maximum absolute atomic E-state index is 12.8. The number of hydrogen-bond donors (Lipinski definition) is 1. The molecule has 5 nitrogen and oxygen atoms in total. The lowest BCUT2D eigenvalue weighted by Gasteiger charge is -2.21. The van der Waals surface area contributed by atoms with Gasteiger partial charge in [-0.15, -0.1) is 10.2 Å². The number of thioether (sulfide) groups is 1. The van der Waals surface area contributed by atoms with Crippen LogP contribution in [0.25, 0.3) is 0 Å². The number of nitrogens with zero attached hydrogens (tertiary/aromatic N) is 3. The summed E-state index contributed by atoms with van der Waals surface area (Å²) in [6.07, 6.45) is 4.09. The molecule has 1 aliphatic carbocycles. The Kier molecular flexibility index (Phi) is 7.80. The molecule has 3 rings (SSSR count). The third kappa shape index (κ3) is 6.23. The fourth-order valence-corrected chi connectivity index (χ4v) is 4.66. The number of alkyl halides is 3. The van der Waals surface area contributed by atoms with E-state index in [1.165, 1.54) is 56.0 Å². The number of carbonyl (C=O) groups excluding carboxylic acids is 1. The average Bonchev–Trinajstić information content (AvgIpc) is 3.13. The van der Waals surface area contributed by atoms with Crippen LogP contribution in [0.2, 0.25) is 0 Å². The molecule has 1 fully saturated rings. The van der Waals surface area contributed by atoms with Crippen LogP contribution in [-0.2, 0) is 23.9 Å². The van der Waals surface area contributed by atoms with E-state index >= 15 is 0 Å². The lowest BCUT2D eigenvalue weighted by molar-refractivity contribution is -0.137. The second-order valence-corrected chi connectivity index (χ2v) is 8.54. The Morgan fingerprint density at radius 2 is 2.00 bits per heavy atom. The highest BCUT2D eigenvalue weighted by molar-refractivity contribution is 7.99. The van der Waals surface area contributed by atoms with Gasteiger partial charge >= 0.3 is 6.18 Å². The van der Waals surface area contributed by atoms with Crippen molar-refractivity contribution in [2.24, 2.45) is 5.92 Å². The van der Waals surface area contributed by atoms with Crippen LogP contribution in [0.5, 0.6) is 0 Å². The fraction of sp³-hybridized carbons (Fsp3) is 0.571. The van der Waals surface area contributed by atoms with Crippen LogP contribution in [0.4, 0.5) is 18.9 Å². The molecule has 0 radical (unpaired) electrons. The number of aromatic nitrogens is 3. The highest BCUT2D eigenvalue weighted by Crippen LogP contribution is 2.31. The fourth-order valence-electron chi connectivity index (χ4n) is 3.84. The Balaban J connectivity index is 1.53. The van der Waals surface area contributed by atoms with Gasteiger partial charge in [0, 0.05) is 18.7 Å². The molecule has 164 valence electrons. The summed E-state index contributed by atoms with van der Waals surface area (Å²) in [4.78, 5) is 12.2. The number of hydrogen-bond acceptors (Lipinski definition) is 4. The predicted molar refractivity (Wildman–Crippen MR) is 111 cm³/mol. The van der Waals surface area contributed by atoms with E-state index in [2.05, 4.69) is 15.5 Å². The molecule has 9 heteroatoms. The zero-order valence-electron chi connectivity index (χ0n) is 17.0. The van der Waals surface area contributed by atoms with Crippen molar-refractivity contribution in [1.82, 2.24) is 14.8 Å². The van der Waals surface area contributed by atoms with E-state index in [0.717, 1.165) is 36.7 Å². The average molecular weight is 441 g/mol. The number of nitrogens with one attached hydrogen (secondary N) is 1. The normalized spacial score (nSPS) is 15.3. The van der Waals surface area contributed by atoms with Crippen molar-refractivity contribution < 1.29 is 18.0 Å². The topological polar surface area (TPSA) is 59.8 Å². The van der Waals surface area contributed by atoms with Crippen LogP contribution in [-0.4, -0.2) is 26.4 Å². The van der Waals surface area contributed by atoms with Gasteiger partial charge in [-0.2, -0.15) is 13.2 Å². The number of benzene rings is 1. The smallest absolute Gasteiger partial charge is 0.325 e. The molecule has 1 saturated carbocycles. The summed E-state index contributed by atoms with van der Waals surface area (Å²) in [5.74, 6) is 1.37. The maximum atomic E-state index is 12.8. The molecule has 1 amide bonds. The van der Waals surface area contributed by atoms with Crippen LogP contribution in [0.15, 0.2) is 29.4 Å². The van der Waals surface area contributed by atoms with Crippen LogP contribution < -0.4 is 5.32 Å². The van der Waals surface area contributed by atoms with Gasteiger partial charge in [0.25, 0.3) is 0 Å². The van der Waals surface area contributed by atoms with E-state index in [1.807, 2.05) is 11.5 Å². The summed E-state index contributed by atoms with van der Waals surface area (Å²) in [5.41, 5.74) is -0.665. The molecule has 1 aliphatic rings. The molecular weight excluding hydrogens is 413 g/mol. The minimum absolute atomic E-state index is 0.0526. The highest BCUT2D eigenvalue weighted by atomic mass is 32.2. The summed E-state index contributed by atoms with van der Waals surface area (Å²) in [6.45, 7) is 2.73. The summed E-state index contributed by atoms with van der Waals surface area (Å²) in [6, 6.07) is 4.62. The van der Waals surface area contributed by atoms with Gasteiger partial charge in [0.2, 0.25) is 5.91 Å². The predicted octanol–water partition coefficient (Wildman–Crippen LogP) is 5.56. The number of rotatable bonds is 8. The first-order valence-electron chi connectivity index (χ1n) is 10.4. The standard InChI is InChI=1S/C21H27F3N4OS/c1-2-28-18(12-11-15-7-4-3-5-8-15)26-27-20(28)30-14-19(29)25-17-10-6-9-16(13-17)21(22,23)24/h6,9-10,13,15H,2-5,7-8,11-12,14H2,1H3,(H,25,29). The van der Waals surface area contributed by atoms with E-state index in [-0.39, 0.29) is 17.3 Å². The lowest BCUT2D eigenvalue weighted by Crippen LogP contribution is -2.15. The van der Waals surface area contributed by atoms with E-state index in [0.29, 0.717) is 11.7 Å². The minimum atomic E-state index is -4.44. The Morgan fingerprint density at radius 1 is 1.23 bits per heavy atom. The van der Waals surface area contributed by atoms with E-state index < -0.39 is 11.7 Å².